The molecule has 2 amide bonds. The van der Waals surface area contributed by atoms with Crippen LogP contribution in [0.15, 0.2) is 24.3 Å². The fourth-order valence-electron chi connectivity index (χ4n) is 3.73. The Morgan fingerprint density at radius 2 is 1.91 bits per heavy atom. The number of benzene rings is 1. The van der Waals surface area contributed by atoms with Crippen LogP contribution < -0.4 is 5.73 Å². The summed E-state index contributed by atoms with van der Waals surface area (Å²) in [6, 6.07) is 3.17. The molecule has 1 aliphatic heterocycles. The minimum Gasteiger partial charge on any atom is -0.435 e. The Morgan fingerprint density at radius 1 is 1.31 bits per heavy atom. The van der Waals surface area contributed by atoms with Gasteiger partial charge in [-0.25, -0.2) is 4.79 Å². The molecule has 0 aromatic heterocycles. The van der Waals surface area contributed by atoms with Crippen molar-refractivity contribution in [2.45, 2.75) is 44.4 Å². The van der Waals surface area contributed by atoms with Gasteiger partial charge in [-0.2, -0.15) is 22.4 Å². The Labute approximate surface area is 185 Å². The van der Waals surface area contributed by atoms with E-state index in [1.807, 2.05) is 0 Å². The molecule has 2 unspecified atom stereocenters. The number of nitrogens with two attached hydrogens (primary N) is 1. The Hall–Kier alpha value is -2.51. The van der Waals surface area contributed by atoms with Crippen LogP contribution in [-0.2, 0) is 16.0 Å². The molecule has 1 aromatic rings. The van der Waals surface area contributed by atoms with Crippen molar-refractivity contribution < 1.29 is 42.1 Å². The van der Waals surface area contributed by atoms with Crippen LogP contribution in [0.1, 0.15) is 25.3 Å². The summed E-state index contributed by atoms with van der Waals surface area (Å²) in [4.78, 5) is 46.9. The molecule has 9 nitrogen and oxygen atoms in total. The average Bonchev–Trinajstić information content (AvgIpc) is 3.09. The van der Waals surface area contributed by atoms with Gasteiger partial charge in [-0.3, -0.25) is 14.9 Å². The number of nitrogens with zero attached hydrogens (tertiary/aromatic N) is 2. The lowest BCUT2D eigenvalue weighted by Crippen LogP contribution is -2.62. The number of nitro benzene ring substituents is 1. The third-order valence-corrected chi connectivity index (χ3v) is 6.70. The summed E-state index contributed by atoms with van der Waals surface area (Å²) in [6.07, 6.45) is -6.14. The number of carbonyl (C=O) groups excluding carboxylic acids is 2. The summed E-state index contributed by atoms with van der Waals surface area (Å²) >= 11 is 0.230. The van der Waals surface area contributed by atoms with E-state index in [1.54, 1.807) is 0 Å². The fourth-order valence-corrected chi connectivity index (χ4v) is 4.69. The number of likely N-dealkylation sites (tertiary alicyclic amines) is 1. The van der Waals surface area contributed by atoms with Crippen LogP contribution in [-0.4, -0.2) is 62.2 Å². The molecule has 0 radical (unpaired) electrons. The number of alkyl halides is 3. The van der Waals surface area contributed by atoms with Crippen LogP contribution in [0.2, 0.25) is 0 Å². The van der Waals surface area contributed by atoms with Gasteiger partial charge in [-0.05, 0) is 18.9 Å². The van der Waals surface area contributed by atoms with Crippen molar-refractivity contribution in [1.82, 2.24) is 0 Å². The van der Waals surface area contributed by atoms with E-state index >= 15 is 0 Å². The first kappa shape index (κ1) is 25.7. The molecule has 1 heterocycles. The molecule has 0 spiro atoms. The summed E-state index contributed by atoms with van der Waals surface area (Å²) in [6.45, 7) is 1.19. The monoisotopic (exact) mass is 478 g/mol. The van der Waals surface area contributed by atoms with Crippen LogP contribution in [0.3, 0.4) is 0 Å². The van der Waals surface area contributed by atoms with E-state index in [9.17, 15) is 42.8 Å². The number of carbonyl (C=O) groups is 3. The largest absolute Gasteiger partial charge is 0.521 e. The van der Waals surface area contributed by atoms with Gasteiger partial charge in [0.1, 0.15) is 6.04 Å². The summed E-state index contributed by atoms with van der Waals surface area (Å²) in [7, 11) is 0. The summed E-state index contributed by atoms with van der Waals surface area (Å²) in [5.74, 6) is -5.10. The van der Waals surface area contributed by atoms with Crippen molar-refractivity contribution in [1.29, 1.82) is 0 Å². The summed E-state index contributed by atoms with van der Waals surface area (Å²) < 4.78 is 39.6. The molecule has 1 aliphatic rings. The number of thioether (sulfide) groups is 1. The maximum atomic E-state index is 13.7. The Balaban J connectivity index is 2.10. The minimum atomic E-state index is -5.03. The first-order valence-corrected chi connectivity index (χ1v) is 10.7. The van der Waals surface area contributed by atoms with Gasteiger partial charge in [0.2, 0.25) is 5.12 Å². The summed E-state index contributed by atoms with van der Waals surface area (Å²) in [5.41, 5.74) is 6.08. The molecule has 13 heteroatoms. The number of carboxylic acid groups (broad SMARTS) is 1. The normalized spacial score (nSPS) is 22.8. The summed E-state index contributed by atoms with van der Waals surface area (Å²) in [5, 5.41) is 19.4. The van der Waals surface area contributed by atoms with E-state index < -0.39 is 56.5 Å². The molecule has 2 rings (SSSR count). The smallest absolute Gasteiger partial charge is 0.435 e. The van der Waals surface area contributed by atoms with Crippen molar-refractivity contribution in [3.63, 3.8) is 0 Å². The first-order valence-electron chi connectivity index (χ1n) is 9.68. The lowest BCUT2D eigenvalue weighted by Gasteiger charge is -2.33. The van der Waals surface area contributed by atoms with E-state index in [0.717, 1.165) is 0 Å². The second kappa shape index (κ2) is 9.96. The zero-order valence-corrected chi connectivity index (χ0v) is 17.9. The molecule has 0 aliphatic carbocycles. The maximum Gasteiger partial charge on any atom is 0.521 e. The third-order valence-electron chi connectivity index (χ3n) is 5.61. The van der Waals surface area contributed by atoms with Crippen LogP contribution in [0.4, 0.5) is 23.7 Å². The molecule has 1 fully saturated rings. The molecule has 32 heavy (non-hydrogen) atoms. The van der Waals surface area contributed by atoms with E-state index in [2.05, 4.69) is 0 Å². The Bertz CT molecular complexity index is 895. The molecule has 176 valence electrons. The van der Waals surface area contributed by atoms with Gasteiger partial charge in [-0.1, -0.05) is 23.9 Å². The number of imide groups is 1. The first-order chi connectivity index (χ1) is 14.8. The topological polar surface area (TPSA) is 141 Å². The van der Waals surface area contributed by atoms with Gasteiger partial charge in [0.05, 0.1) is 17.5 Å². The van der Waals surface area contributed by atoms with Crippen LogP contribution in [0.5, 0.6) is 0 Å². The highest BCUT2D eigenvalue weighted by Crippen LogP contribution is 2.37. The Morgan fingerprint density at radius 3 is 2.34 bits per heavy atom. The number of non-ortho nitro benzene ring substituents is 1. The zero-order valence-electron chi connectivity index (χ0n) is 17.1. The van der Waals surface area contributed by atoms with Crippen molar-refractivity contribution in [2.75, 3.05) is 12.3 Å². The Kier molecular flexibility index (Phi) is 8.02. The van der Waals surface area contributed by atoms with E-state index in [-0.39, 0.29) is 30.4 Å². The molecule has 0 bridgehead atoms. The van der Waals surface area contributed by atoms with E-state index in [0.29, 0.717) is 18.4 Å². The van der Waals surface area contributed by atoms with E-state index in [4.69, 9.17) is 5.73 Å². The molecule has 1 aromatic carbocycles. The molecular formula is C19H23F3N3O6S+. The molecule has 0 saturated carbocycles. The van der Waals surface area contributed by atoms with Crippen LogP contribution >= 0.6 is 11.8 Å². The third kappa shape index (κ3) is 5.45. The van der Waals surface area contributed by atoms with Gasteiger partial charge >= 0.3 is 18.2 Å². The number of halogens is 3. The predicted octanol–water partition coefficient (Wildman–Crippen LogP) is 3.11. The van der Waals surface area contributed by atoms with Gasteiger partial charge < -0.3 is 10.8 Å². The molecule has 3 N–H and O–H groups in total. The fraction of sp³-hybridized carbons (Fsp3) is 0.526. The van der Waals surface area contributed by atoms with Crippen molar-refractivity contribution in [2.24, 2.45) is 11.7 Å². The van der Waals surface area contributed by atoms with Gasteiger partial charge in [0, 0.05) is 30.7 Å². The zero-order chi connectivity index (χ0) is 24.3. The lowest BCUT2D eigenvalue weighted by atomic mass is 10.1. The number of quaternary nitrogens is 1. The maximum absolute atomic E-state index is 13.7. The van der Waals surface area contributed by atoms with Crippen molar-refractivity contribution in [3.05, 3.63) is 39.9 Å². The van der Waals surface area contributed by atoms with Crippen LogP contribution in [0, 0.1) is 16.0 Å². The highest BCUT2D eigenvalue weighted by Gasteiger charge is 2.61. The second-order valence-electron chi connectivity index (χ2n) is 7.66. The van der Waals surface area contributed by atoms with Gasteiger partial charge in [0.15, 0.2) is 5.92 Å². The average molecular weight is 478 g/mol. The van der Waals surface area contributed by atoms with Gasteiger partial charge in [-0.15, -0.1) is 0 Å². The minimum absolute atomic E-state index is 0.0688. The van der Waals surface area contributed by atoms with Crippen molar-refractivity contribution >= 4 is 34.6 Å². The standard InChI is InChI=1S/C19H22F3N3O6S/c1-11-3-2-8-25(11,18(28)29)16(26)14(19(20,21)22)10-32-17(27)15(23)9-12-4-6-13(7-5-12)24(30)31/h4-7,11,14-15H,2-3,8-10,23H2,1H3/p+1/t11-,14?,15+,25?/m1/s1. The number of rotatable bonds is 7. The molecule has 4 atom stereocenters. The SMILES string of the molecule is C[C@@H]1CCC[N+]1(C(=O)O)C(=O)C(CSC(=O)[C@@H](N)Cc1ccc([N+](=O)[O-])cc1)C(F)(F)F. The number of hydrogen-bond donors (Lipinski definition) is 2. The highest BCUT2D eigenvalue weighted by molar-refractivity contribution is 8.13. The quantitative estimate of drug-likeness (QED) is 0.346. The molecule has 1 saturated heterocycles. The highest BCUT2D eigenvalue weighted by atomic mass is 32.2. The van der Waals surface area contributed by atoms with Crippen molar-refractivity contribution in [3.8, 4) is 0 Å². The van der Waals surface area contributed by atoms with Gasteiger partial charge in [0.25, 0.3) is 5.69 Å². The number of amides is 2. The number of hydrogen-bond acceptors (Lipinski definition) is 7. The second-order valence-corrected chi connectivity index (χ2v) is 8.69. The molecular weight excluding hydrogens is 455 g/mol. The number of nitro groups is 1. The predicted molar refractivity (Wildman–Crippen MR) is 109 cm³/mol. The van der Waals surface area contributed by atoms with Crippen LogP contribution in [0.25, 0.3) is 0 Å². The van der Waals surface area contributed by atoms with E-state index in [1.165, 1.54) is 31.2 Å². The lowest BCUT2D eigenvalue weighted by molar-refractivity contribution is -0.794.